The highest BCUT2D eigenvalue weighted by Gasteiger charge is 1.99. The van der Waals surface area contributed by atoms with Gasteiger partial charge in [0, 0.05) is 23.2 Å². The number of rotatable bonds is 4. The van der Waals surface area contributed by atoms with Gasteiger partial charge in [0.1, 0.15) is 5.82 Å². The molecule has 6 heteroatoms. The SMILES string of the molecule is [N-]=[N+]=NCC=Cc1cnn(-c2cccc(F)c2)c1. The summed E-state index contributed by atoms with van der Waals surface area (Å²) in [5.41, 5.74) is 9.63. The van der Waals surface area contributed by atoms with E-state index in [1.54, 1.807) is 41.4 Å². The van der Waals surface area contributed by atoms with Crippen molar-refractivity contribution < 1.29 is 4.39 Å². The molecule has 0 amide bonds. The largest absolute Gasteiger partial charge is 0.240 e. The Hall–Kier alpha value is -2.59. The van der Waals surface area contributed by atoms with Crippen LogP contribution in [0, 0.1) is 5.82 Å². The molecule has 0 aliphatic rings. The number of benzene rings is 1. The Balaban J connectivity index is 2.15. The summed E-state index contributed by atoms with van der Waals surface area (Å²) >= 11 is 0. The van der Waals surface area contributed by atoms with Gasteiger partial charge in [0.25, 0.3) is 0 Å². The minimum Gasteiger partial charge on any atom is -0.240 e. The van der Waals surface area contributed by atoms with Gasteiger partial charge in [0.15, 0.2) is 0 Å². The van der Waals surface area contributed by atoms with Gasteiger partial charge in [-0.25, -0.2) is 9.07 Å². The van der Waals surface area contributed by atoms with Crippen LogP contribution in [0.5, 0.6) is 0 Å². The molecule has 0 radical (unpaired) electrons. The molecule has 0 saturated carbocycles. The third kappa shape index (κ3) is 2.96. The van der Waals surface area contributed by atoms with Crippen LogP contribution in [0.4, 0.5) is 4.39 Å². The molecule has 18 heavy (non-hydrogen) atoms. The standard InChI is InChI=1S/C12H10FN5/c13-11-4-1-5-12(7-11)18-9-10(8-16-18)3-2-6-15-17-14/h1-5,7-9H,6H2. The Kier molecular flexibility index (Phi) is 3.73. The van der Waals surface area contributed by atoms with Crippen molar-refractivity contribution in [1.29, 1.82) is 0 Å². The third-order valence-electron chi connectivity index (χ3n) is 2.24. The second kappa shape index (κ2) is 5.65. The lowest BCUT2D eigenvalue weighted by Crippen LogP contribution is -1.93. The second-order valence-corrected chi connectivity index (χ2v) is 3.51. The summed E-state index contributed by atoms with van der Waals surface area (Å²) in [6.45, 7) is 0.293. The predicted octanol–water partition coefficient (Wildman–Crippen LogP) is 3.33. The van der Waals surface area contributed by atoms with E-state index in [4.69, 9.17) is 5.53 Å². The van der Waals surface area contributed by atoms with Crippen molar-refractivity contribution in [2.45, 2.75) is 0 Å². The number of hydrogen-bond acceptors (Lipinski definition) is 2. The first-order valence-corrected chi connectivity index (χ1v) is 5.27. The fraction of sp³-hybridized carbons (Fsp3) is 0.0833. The molecule has 0 aliphatic heterocycles. The summed E-state index contributed by atoms with van der Waals surface area (Å²) in [4.78, 5) is 2.64. The third-order valence-corrected chi connectivity index (χ3v) is 2.24. The highest BCUT2D eigenvalue weighted by atomic mass is 19.1. The molecule has 0 unspecified atom stereocenters. The van der Waals surface area contributed by atoms with Crippen molar-refractivity contribution in [3.63, 3.8) is 0 Å². The molecule has 2 rings (SSSR count). The maximum Gasteiger partial charge on any atom is 0.125 e. The van der Waals surface area contributed by atoms with Crippen LogP contribution in [0.1, 0.15) is 5.56 Å². The average molecular weight is 243 g/mol. The lowest BCUT2D eigenvalue weighted by atomic mass is 10.3. The molecule has 5 nitrogen and oxygen atoms in total. The van der Waals surface area contributed by atoms with Gasteiger partial charge in [-0.15, -0.1) is 0 Å². The van der Waals surface area contributed by atoms with Crippen molar-refractivity contribution in [2.75, 3.05) is 6.54 Å². The van der Waals surface area contributed by atoms with Gasteiger partial charge in [0.2, 0.25) is 0 Å². The van der Waals surface area contributed by atoms with Crippen LogP contribution in [0.3, 0.4) is 0 Å². The molecule has 1 aromatic heterocycles. The van der Waals surface area contributed by atoms with Crippen molar-refractivity contribution in [2.24, 2.45) is 5.11 Å². The fourth-order valence-electron chi connectivity index (χ4n) is 1.46. The Morgan fingerprint density at radius 1 is 1.50 bits per heavy atom. The molecule has 2 aromatic rings. The number of aromatic nitrogens is 2. The van der Waals surface area contributed by atoms with Crippen LogP contribution in [-0.4, -0.2) is 16.3 Å². The molecule has 0 spiro atoms. The van der Waals surface area contributed by atoms with Gasteiger partial charge in [-0.1, -0.05) is 23.3 Å². The highest BCUT2D eigenvalue weighted by molar-refractivity contribution is 5.48. The van der Waals surface area contributed by atoms with E-state index in [2.05, 4.69) is 15.1 Å². The zero-order chi connectivity index (χ0) is 12.8. The molecule has 0 fully saturated rings. The van der Waals surface area contributed by atoms with Gasteiger partial charge >= 0.3 is 0 Å². The van der Waals surface area contributed by atoms with E-state index in [1.807, 2.05) is 0 Å². The molecular formula is C12H10FN5. The first-order valence-electron chi connectivity index (χ1n) is 5.27. The minimum absolute atomic E-state index is 0.293. The van der Waals surface area contributed by atoms with E-state index in [9.17, 15) is 4.39 Å². The van der Waals surface area contributed by atoms with E-state index in [0.717, 1.165) is 5.56 Å². The van der Waals surface area contributed by atoms with E-state index in [-0.39, 0.29) is 5.82 Å². The van der Waals surface area contributed by atoms with Crippen LogP contribution in [-0.2, 0) is 0 Å². The molecule has 0 bridgehead atoms. The molecular weight excluding hydrogens is 233 g/mol. The minimum atomic E-state index is -0.302. The Morgan fingerprint density at radius 2 is 2.39 bits per heavy atom. The summed E-state index contributed by atoms with van der Waals surface area (Å²) in [5, 5.41) is 7.50. The Morgan fingerprint density at radius 3 is 3.17 bits per heavy atom. The molecule has 0 aliphatic carbocycles. The van der Waals surface area contributed by atoms with Crippen LogP contribution in [0.15, 0.2) is 47.8 Å². The zero-order valence-electron chi connectivity index (χ0n) is 9.44. The van der Waals surface area contributed by atoms with E-state index in [0.29, 0.717) is 12.2 Å². The van der Waals surface area contributed by atoms with Gasteiger partial charge in [0.05, 0.1) is 11.9 Å². The van der Waals surface area contributed by atoms with Crippen molar-refractivity contribution >= 4 is 6.08 Å². The zero-order valence-corrected chi connectivity index (χ0v) is 9.44. The lowest BCUT2D eigenvalue weighted by molar-refractivity contribution is 0.625. The summed E-state index contributed by atoms with van der Waals surface area (Å²) in [6.07, 6.45) is 6.93. The molecule has 90 valence electrons. The van der Waals surface area contributed by atoms with Gasteiger partial charge in [-0.05, 0) is 23.7 Å². The molecule has 0 saturated heterocycles. The van der Waals surface area contributed by atoms with Crippen molar-refractivity contribution in [1.82, 2.24) is 9.78 Å². The Bertz CT molecular complexity index is 610. The fourth-order valence-corrected chi connectivity index (χ4v) is 1.46. The highest BCUT2D eigenvalue weighted by Crippen LogP contribution is 2.10. The summed E-state index contributed by atoms with van der Waals surface area (Å²) in [6, 6.07) is 6.18. The number of azide groups is 1. The van der Waals surface area contributed by atoms with Gasteiger partial charge < -0.3 is 0 Å². The summed E-state index contributed by atoms with van der Waals surface area (Å²) in [7, 11) is 0. The van der Waals surface area contributed by atoms with Crippen LogP contribution in [0.2, 0.25) is 0 Å². The lowest BCUT2D eigenvalue weighted by Gasteiger charge is -1.99. The van der Waals surface area contributed by atoms with Crippen LogP contribution >= 0.6 is 0 Å². The quantitative estimate of drug-likeness (QED) is 0.461. The monoisotopic (exact) mass is 243 g/mol. The normalized spacial score (nSPS) is 10.5. The predicted molar refractivity (Wildman–Crippen MR) is 66.6 cm³/mol. The first-order chi connectivity index (χ1) is 8.79. The number of halogens is 1. The van der Waals surface area contributed by atoms with Crippen LogP contribution < -0.4 is 0 Å². The smallest absolute Gasteiger partial charge is 0.125 e. The summed E-state index contributed by atoms with van der Waals surface area (Å²) < 4.78 is 14.6. The maximum absolute atomic E-state index is 13.0. The first kappa shape index (κ1) is 11.9. The topological polar surface area (TPSA) is 66.6 Å². The van der Waals surface area contributed by atoms with Crippen molar-refractivity contribution in [3.05, 3.63) is 64.6 Å². The molecule has 0 atom stereocenters. The van der Waals surface area contributed by atoms with Gasteiger partial charge in [-0.2, -0.15) is 5.10 Å². The van der Waals surface area contributed by atoms with E-state index >= 15 is 0 Å². The van der Waals surface area contributed by atoms with E-state index < -0.39 is 0 Å². The molecule has 1 aromatic carbocycles. The second-order valence-electron chi connectivity index (χ2n) is 3.51. The van der Waals surface area contributed by atoms with E-state index in [1.165, 1.54) is 12.1 Å². The summed E-state index contributed by atoms with van der Waals surface area (Å²) in [5.74, 6) is -0.302. The average Bonchev–Trinajstić information content (AvgIpc) is 2.83. The van der Waals surface area contributed by atoms with Gasteiger partial charge in [-0.3, -0.25) is 0 Å². The molecule has 1 heterocycles. The van der Waals surface area contributed by atoms with Crippen molar-refractivity contribution in [3.8, 4) is 5.69 Å². The molecule has 0 N–H and O–H groups in total. The number of hydrogen-bond donors (Lipinski definition) is 0. The number of nitrogens with zero attached hydrogens (tertiary/aromatic N) is 5. The maximum atomic E-state index is 13.0. The Labute approximate surface area is 103 Å². The van der Waals surface area contributed by atoms with Crippen LogP contribution in [0.25, 0.3) is 22.2 Å².